The van der Waals surface area contributed by atoms with Gasteiger partial charge < -0.3 is 0 Å². The van der Waals surface area contributed by atoms with Crippen molar-refractivity contribution in [2.75, 3.05) is 0 Å². The van der Waals surface area contributed by atoms with Crippen LogP contribution in [0.25, 0.3) is 89.0 Å². The van der Waals surface area contributed by atoms with E-state index in [0.717, 1.165) is 0 Å². The van der Waals surface area contributed by atoms with E-state index < -0.39 is 0 Å². The predicted octanol–water partition coefficient (Wildman–Crippen LogP) is 14.0. The second-order valence-corrected chi connectivity index (χ2v) is 12.9. The smallest absolute Gasteiger partial charge is 0.00201 e. The first kappa shape index (κ1) is 29.6. The Morgan fingerprint density at radius 3 is 1.18 bits per heavy atom. The van der Waals surface area contributed by atoms with Crippen LogP contribution in [0.2, 0.25) is 0 Å². The molecule has 0 saturated carbocycles. The van der Waals surface area contributed by atoms with E-state index in [1.807, 2.05) is 0 Å². The molecule has 0 atom stereocenters. The molecule has 0 nitrogen and oxygen atoms in total. The maximum absolute atomic E-state index is 2.32. The molecule has 0 fully saturated rings. The second-order valence-electron chi connectivity index (χ2n) is 12.9. The molecule has 0 aromatic heterocycles. The Labute approximate surface area is 293 Å². The third-order valence-electron chi connectivity index (χ3n) is 9.91. The largest absolute Gasteiger partial charge is 0.0622 e. The summed E-state index contributed by atoms with van der Waals surface area (Å²) in [6.07, 6.45) is 4.47. The number of fused-ring (bicyclic) bond motifs is 3. The fourth-order valence-electron chi connectivity index (χ4n) is 7.48. The number of hydrogen-bond donors (Lipinski definition) is 0. The molecule has 234 valence electrons. The van der Waals surface area contributed by atoms with Crippen molar-refractivity contribution in [3.63, 3.8) is 0 Å². The lowest BCUT2D eigenvalue weighted by Gasteiger charge is -2.19. The fraction of sp³-hybridized carbons (Fsp3) is 0. The summed E-state index contributed by atoms with van der Waals surface area (Å²) in [4.78, 5) is 0. The van der Waals surface area contributed by atoms with Gasteiger partial charge in [0.05, 0.1) is 0 Å². The van der Waals surface area contributed by atoms with Crippen molar-refractivity contribution < 1.29 is 0 Å². The first-order valence-corrected chi connectivity index (χ1v) is 17.3. The molecule has 0 N–H and O–H groups in total. The van der Waals surface area contributed by atoms with Crippen LogP contribution in [0.3, 0.4) is 0 Å². The molecule has 0 spiro atoms. The van der Waals surface area contributed by atoms with Crippen LogP contribution < -0.4 is 0 Å². The van der Waals surface area contributed by atoms with E-state index in [1.54, 1.807) is 0 Å². The second kappa shape index (κ2) is 12.8. The lowest BCUT2D eigenvalue weighted by molar-refractivity contribution is 1.60. The van der Waals surface area contributed by atoms with Crippen molar-refractivity contribution in [2.24, 2.45) is 0 Å². The average molecular weight is 635 g/mol. The number of rotatable bonds is 6. The molecule has 0 aliphatic rings. The van der Waals surface area contributed by atoms with E-state index in [-0.39, 0.29) is 0 Å². The normalized spacial score (nSPS) is 11.5. The van der Waals surface area contributed by atoms with Crippen LogP contribution in [0.4, 0.5) is 0 Å². The van der Waals surface area contributed by atoms with Crippen molar-refractivity contribution in [3.8, 4) is 44.5 Å². The highest BCUT2D eigenvalue weighted by atomic mass is 14.2. The average Bonchev–Trinajstić information content (AvgIpc) is 3.20. The molecule has 0 heteroatoms. The molecule has 0 bridgehead atoms. The summed E-state index contributed by atoms with van der Waals surface area (Å²) in [6.45, 7) is 0. The van der Waals surface area contributed by atoms with E-state index in [2.05, 4.69) is 206 Å². The Kier molecular flexibility index (Phi) is 7.61. The topological polar surface area (TPSA) is 0 Å². The van der Waals surface area contributed by atoms with Gasteiger partial charge >= 0.3 is 0 Å². The van der Waals surface area contributed by atoms with Gasteiger partial charge in [0, 0.05) is 0 Å². The zero-order chi connectivity index (χ0) is 33.3. The fourth-order valence-corrected chi connectivity index (χ4v) is 7.48. The van der Waals surface area contributed by atoms with Gasteiger partial charge in [0.1, 0.15) is 0 Å². The quantitative estimate of drug-likeness (QED) is 0.126. The van der Waals surface area contributed by atoms with Crippen LogP contribution in [0.15, 0.2) is 194 Å². The monoisotopic (exact) mass is 634 g/mol. The molecule has 9 aromatic rings. The Bertz CT molecular complexity index is 2590. The van der Waals surface area contributed by atoms with Crippen molar-refractivity contribution in [3.05, 3.63) is 205 Å². The Morgan fingerprint density at radius 2 is 0.640 bits per heavy atom. The highest BCUT2D eigenvalue weighted by Gasteiger charge is 2.18. The van der Waals surface area contributed by atoms with E-state index in [0.29, 0.717) is 0 Å². The first-order valence-electron chi connectivity index (χ1n) is 17.3. The van der Waals surface area contributed by atoms with Gasteiger partial charge in [-0.1, -0.05) is 206 Å². The molecular formula is C50H34. The van der Waals surface area contributed by atoms with Crippen molar-refractivity contribution in [2.45, 2.75) is 0 Å². The van der Waals surface area contributed by atoms with Gasteiger partial charge in [0.2, 0.25) is 0 Å². The molecular weight excluding hydrogens is 601 g/mol. The minimum absolute atomic E-state index is 1.18. The zero-order valence-corrected chi connectivity index (χ0v) is 27.6. The third kappa shape index (κ3) is 5.38. The van der Waals surface area contributed by atoms with Crippen molar-refractivity contribution in [1.29, 1.82) is 0 Å². The van der Waals surface area contributed by atoms with Gasteiger partial charge in [-0.3, -0.25) is 0 Å². The van der Waals surface area contributed by atoms with Gasteiger partial charge in [-0.25, -0.2) is 0 Å². The summed E-state index contributed by atoms with van der Waals surface area (Å²) >= 11 is 0. The van der Waals surface area contributed by atoms with Gasteiger partial charge in [-0.05, 0) is 88.0 Å². The summed E-state index contributed by atoms with van der Waals surface area (Å²) < 4.78 is 0. The van der Waals surface area contributed by atoms with Crippen LogP contribution in [0.1, 0.15) is 11.1 Å². The summed E-state index contributed by atoms with van der Waals surface area (Å²) in [5.41, 5.74) is 12.4. The first-order chi connectivity index (χ1) is 24.8. The third-order valence-corrected chi connectivity index (χ3v) is 9.91. The van der Waals surface area contributed by atoms with Gasteiger partial charge in [-0.2, -0.15) is 0 Å². The van der Waals surface area contributed by atoms with E-state index in [9.17, 15) is 0 Å². The Morgan fingerprint density at radius 1 is 0.240 bits per heavy atom. The van der Waals surface area contributed by atoms with Crippen LogP contribution in [0, 0.1) is 0 Å². The lowest BCUT2D eigenvalue weighted by Crippen LogP contribution is -1.92. The van der Waals surface area contributed by atoms with Gasteiger partial charge in [0.25, 0.3) is 0 Å². The van der Waals surface area contributed by atoms with Gasteiger partial charge in [0.15, 0.2) is 0 Å². The Hall–Kier alpha value is -6.50. The van der Waals surface area contributed by atoms with Crippen LogP contribution in [0.5, 0.6) is 0 Å². The summed E-state index contributed by atoms with van der Waals surface area (Å²) in [5.74, 6) is 0. The maximum Gasteiger partial charge on any atom is -0.00201 e. The molecule has 0 aliphatic heterocycles. The van der Waals surface area contributed by atoms with Gasteiger partial charge in [-0.15, -0.1) is 0 Å². The summed E-state index contributed by atoms with van der Waals surface area (Å²) in [5, 5.41) is 7.56. The highest BCUT2D eigenvalue weighted by molar-refractivity contribution is 6.23. The molecule has 0 amide bonds. The molecule has 0 radical (unpaired) electrons. The van der Waals surface area contributed by atoms with Crippen LogP contribution in [-0.4, -0.2) is 0 Å². The molecule has 0 heterocycles. The van der Waals surface area contributed by atoms with Crippen molar-refractivity contribution in [1.82, 2.24) is 0 Å². The Balaban J connectivity index is 1.17. The van der Waals surface area contributed by atoms with Crippen LogP contribution in [-0.2, 0) is 0 Å². The lowest BCUT2D eigenvalue weighted by atomic mass is 9.84. The predicted molar refractivity (Wildman–Crippen MR) is 216 cm³/mol. The number of hydrogen-bond acceptors (Lipinski definition) is 0. The maximum atomic E-state index is 2.32. The van der Waals surface area contributed by atoms with E-state index in [1.165, 1.54) is 88.0 Å². The molecule has 9 aromatic carbocycles. The van der Waals surface area contributed by atoms with E-state index in [4.69, 9.17) is 0 Å². The summed E-state index contributed by atoms with van der Waals surface area (Å²) in [6, 6.07) is 70.3. The minimum Gasteiger partial charge on any atom is -0.0622 e. The minimum atomic E-state index is 1.18. The number of benzene rings is 9. The summed E-state index contributed by atoms with van der Waals surface area (Å²) in [7, 11) is 0. The molecule has 0 aliphatic carbocycles. The molecule has 0 saturated heterocycles. The highest BCUT2D eigenvalue weighted by Crippen LogP contribution is 2.45. The SMILES string of the molecule is C(=Cc1ccc(-c2c3ccccc3c(-c3ccc(-c4ccccc4)cc3)c3ccccc23)c2ccccc12)c1ccc(-c2ccccc2)cc1. The molecule has 0 unspecified atom stereocenters. The molecule has 50 heavy (non-hydrogen) atoms. The van der Waals surface area contributed by atoms with Crippen molar-refractivity contribution >= 4 is 44.5 Å². The molecule has 9 rings (SSSR count). The zero-order valence-electron chi connectivity index (χ0n) is 27.6. The van der Waals surface area contributed by atoms with Crippen LogP contribution >= 0.6 is 0 Å². The van der Waals surface area contributed by atoms with E-state index >= 15 is 0 Å². The standard InChI is InChI=1S/C50H34/c1-3-13-36(14-4-1)38-26-23-35(24-27-38)25-28-40-33-34-48(43-18-8-7-17-42(40)43)50-46-21-11-9-19-44(46)49(45-20-10-12-22-47(45)50)41-31-29-39(30-32-41)37-15-5-2-6-16-37/h1-34H.